The monoisotopic (exact) mass is 246 g/mol. The van der Waals surface area contributed by atoms with Crippen molar-refractivity contribution in [2.75, 3.05) is 5.73 Å². The van der Waals surface area contributed by atoms with Crippen molar-refractivity contribution in [3.63, 3.8) is 0 Å². The fourth-order valence-electron chi connectivity index (χ4n) is 1.60. The molecule has 2 N–H and O–H groups in total. The second-order valence-electron chi connectivity index (χ2n) is 3.67. The van der Waals surface area contributed by atoms with Crippen LogP contribution in [0.3, 0.4) is 0 Å². The van der Waals surface area contributed by atoms with E-state index in [0.29, 0.717) is 27.5 Å². The summed E-state index contributed by atoms with van der Waals surface area (Å²) in [6.45, 7) is 1.79. The SMILES string of the molecule is Cc1ncccc1C(=O)c1cccc(Cl)c1N. The fourth-order valence-corrected chi connectivity index (χ4v) is 1.78. The van der Waals surface area contributed by atoms with Crippen LogP contribution in [0, 0.1) is 6.92 Å². The van der Waals surface area contributed by atoms with Crippen LogP contribution >= 0.6 is 11.6 Å². The molecule has 86 valence electrons. The first kappa shape index (κ1) is 11.6. The Morgan fingerprint density at radius 1 is 1.24 bits per heavy atom. The number of aryl methyl sites for hydroxylation is 1. The highest BCUT2D eigenvalue weighted by molar-refractivity contribution is 6.34. The Bertz CT molecular complexity index is 581. The molecule has 0 saturated heterocycles. The minimum atomic E-state index is -0.157. The number of rotatable bonds is 2. The maximum absolute atomic E-state index is 12.3. The van der Waals surface area contributed by atoms with Crippen molar-refractivity contribution in [3.8, 4) is 0 Å². The second-order valence-corrected chi connectivity index (χ2v) is 4.07. The van der Waals surface area contributed by atoms with Crippen LogP contribution in [0.4, 0.5) is 5.69 Å². The quantitative estimate of drug-likeness (QED) is 0.655. The van der Waals surface area contributed by atoms with Gasteiger partial charge in [-0.1, -0.05) is 17.7 Å². The lowest BCUT2D eigenvalue weighted by Gasteiger charge is -2.07. The smallest absolute Gasteiger partial charge is 0.196 e. The number of nitrogens with two attached hydrogens (primary N) is 1. The Morgan fingerprint density at radius 2 is 1.94 bits per heavy atom. The molecule has 2 aromatic rings. The number of nitrogens with zero attached hydrogens (tertiary/aromatic N) is 1. The molecule has 0 atom stereocenters. The van der Waals surface area contributed by atoms with Crippen LogP contribution in [-0.2, 0) is 0 Å². The van der Waals surface area contributed by atoms with Crippen molar-refractivity contribution in [1.82, 2.24) is 4.98 Å². The Morgan fingerprint density at radius 3 is 2.65 bits per heavy atom. The number of para-hydroxylation sites is 1. The molecule has 2 rings (SSSR count). The highest BCUT2D eigenvalue weighted by atomic mass is 35.5. The largest absolute Gasteiger partial charge is 0.397 e. The first-order valence-electron chi connectivity index (χ1n) is 5.11. The highest BCUT2D eigenvalue weighted by Gasteiger charge is 2.15. The van der Waals surface area contributed by atoms with Crippen LogP contribution in [-0.4, -0.2) is 10.8 Å². The molecule has 0 aliphatic heterocycles. The summed E-state index contributed by atoms with van der Waals surface area (Å²) in [5, 5.41) is 0.386. The van der Waals surface area contributed by atoms with E-state index in [0.717, 1.165) is 0 Å². The molecule has 0 amide bonds. The van der Waals surface area contributed by atoms with Gasteiger partial charge in [0.05, 0.1) is 10.7 Å². The van der Waals surface area contributed by atoms with Gasteiger partial charge in [-0.05, 0) is 31.2 Å². The van der Waals surface area contributed by atoms with E-state index in [1.54, 1.807) is 43.5 Å². The minimum Gasteiger partial charge on any atom is -0.397 e. The Labute approximate surface area is 104 Å². The number of benzene rings is 1. The van der Waals surface area contributed by atoms with E-state index in [4.69, 9.17) is 17.3 Å². The van der Waals surface area contributed by atoms with Gasteiger partial charge in [-0.2, -0.15) is 0 Å². The van der Waals surface area contributed by atoms with Crippen molar-refractivity contribution < 1.29 is 4.79 Å². The summed E-state index contributed by atoms with van der Waals surface area (Å²) in [5.41, 5.74) is 7.74. The van der Waals surface area contributed by atoms with Crippen LogP contribution in [0.2, 0.25) is 5.02 Å². The molecule has 0 bridgehead atoms. The Hall–Kier alpha value is -1.87. The maximum atomic E-state index is 12.3. The van der Waals surface area contributed by atoms with Gasteiger partial charge < -0.3 is 5.73 Å². The van der Waals surface area contributed by atoms with Gasteiger partial charge >= 0.3 is 0 Å². The maximum Gasteiger partial charge on any atom is 0.196 e. The number of anilines is 1. The summed E-state index contributed by atoms with van der Waals surface area (Å²) in [4.78, 5) is 16.3. The molecule has 17 heavy (non-hydrogen) atoms. The van der Waals surface area contributed by atoms with Crippen LogP contribution in [0.5, 0.6) is 0 Å². The molecular formula is C13H11ClN2O. The van der Waals surface area contributed by atoms with Crippen LogP contribution in [0.15, 0.2) is 36.5 Å². The van der Waals surface area contributed by atoms with Crippen LogP contribution in [0.1, 0.15) is 21.6 Å². The van der Waals surface area contributed by atoms with Crippen molar-refractivity contribution in [2.45, 2.75) is 6.92 Å². The number of halogens is 1. The molecule has 0 radical (unpaired) electrons. The zero-order valence-corrected chi connectivity index (χ0v) is 10.0. The minimum absolute atomic E-state index is 0.157. The lowest BCUT2D eigenvalue weighted by Crippen LogP contribution is -2.08. The van der Waals surface area contributed by atoms with Gasteiger partial charge in [0.2, 0.25) is 0 Å². The summed E-state index contributed by atoms with van der Waals surface area (Å²) >= 11 is 5.89. The van der Waals surface area contributed by atoms with Gasteiger partial charge in [-0.25, -0.2) is 0 Å². The normalized spacial score (nSPS) is 10.2. The summed E-state index contributed by atoms with van der Waals surface area (Å²) < 4.78 is 0. The number of hydrogen-bond donors (Lipinski definition) is 1. The zero-order valence-electron chi connectivity index (χ0n) is 9.27. The first-order chi connectivity index (χ1) is 8.11. The topological polar surface area (TPSA) is 56.0 Å². The van der Waals surface area contributed by atoms with E-state index in [9.17, 15) is 4.79 Å². The lowest BCUT2D eigenvalue weighted by molar-refractivity contribution is 0.103. The molecule has 0 aliphatic carbocycles. The molecular weight excluding hydrogens is 236 g/mol. The van der Waals surface area contributed by atoms with Gasteiger partial charge in [0.15, 0.2) is 5.78 Å². The van der Waals surface area contributed by atoms with E-state index in [2.05, 4.69) is 4.98 Å². The van der Waals surface area contributed by atoms with E-state index in [1.165, 1.54) is 0 Å². The number of ketones is 1. The molecule has 0 unspecified atom stereocenters. The molecule has 3 nitrogen and oxygen atoms in total. The average Bonchev–Trinajstić information content (AvgIpc) is 2.32. The molecule has 0 spiro atoms. The zero-order chi connectivity index (χ0) is 12.4. The van der Waals surface area contributed by atoms with E-state index in [-0.39, 0.29) is 5.78 Å². The van der Waals surface area contributed by atoms with Crippen molar-refractivity contribution in [3.05, 3.63) is 58.4 Å². The van der Waals surface area contributed by atoms with Crippen molar-refractivity contribution >= 4 is 23.1 Å². The van der Waals surface area contributed by atoms with E-state index < -0.39 is 0 Å². The third kappa shape index (κ3) is 2.15. The number of pyridine rings is 1. The molecule has 0 aliphatic rings. The van der Waals surface area contributed by atoms with Crippen LogP contribution in [0.25, 0.3) is 0 Å². The summed E-state index contributed by atoms with van der Waals surface area (Å²) in [5.74, 6) is -0.157. The Kier molecular flexibility index (Phi) is 3.11. The number of nitrogen functional groups attached to an aromatic ring is 1. The lowest BCUT2D eigenvalue weighted by atomic mass is 10.0. The van der Waals surface area contributed by atoms with Crippen molar-refractivity contribution in [1.29, 1.82) is 0 Å². The first-order valence-corrected chi connectivity index (χ1v) is 5.49. The number of hydrogen-bond acceptors (Lipinski definition) is 3. The third-order valence-electron chi connectivity index (χ3n) is 2.55. The molecule has 4 heteroatoms. The van der Waals surface area contributed by atoms with Gasteiger partial charge in [-0.3, -0.25) is 9.78 Å². The molecule has 0 fully saturated rings. The molecule has 1 aromatic heterocycles. The van der Waals surface area contributed by atoms with Gasteiger partial charge in [0.1, 0.15) is 0 Å². The summed E-state index contributed by atoms with van der Waals surface area (Å²) in [6.07, 6.45) is 1.65. The number of aromatic nitrogens is 1. The van der Waals surface area contributed by atoms with Gasteiger partial charge in [0, 0.05) is 23.0 Å². The average molecular weight is 247 g/mol. The van der Waals surface area contributed by atoms with E-state index in [1.807, 2.05) is 0 Å². The fraction of sp³-hybridized carbons (Fsp3) is 0.0769. The summed E-state index contributed by atoms with van der Waals surface area (Å²) in [7, 11) is 0. The molecule has 1 aromatic carbocycles. The van der Waals surface area contributed by atoms with E-state index >= 15 is 0 Å². The highest BCUT2D eigenvalue weighted by Crippen LogP contribution is 2.25. The standard InChI is InChI=1S/C13H11ClN2O/c1-8-9(5-3-7-16-8)13(17)10-4-2-6-11(14)12(10)15/h2-7H,15H2,1H3. The Balaban J connectivity index is 2.52. The summed E-state index contributed by atoms with van der Waals surface area (Å²) in [6, 6.07) is 8.48. The predicted molar refractivity (Wildman–Crippen MR) is 68.3 cm³/mol. The third-order valence-corrected chi connectivity index (χ3v) is 2.88. The number of carbonyl (C=O) groups is 1. The van der Waals surface area contributed by atoms with Gasteiger partial charge in [0.25, 0.3) is 0 Å². The van der Waals surface area contributed by atoms with Crippen LogP contribution < -0.4 is 5.73 Å². The number of carbonyl (C=O) groups excluding carboxylic acids is 1. The molecule has 0 saturated carbocycles. The van der Waals surface area contributed by atoms with Gasteiger partial charge in [-0.15, -0.1) is 0 Å². The second kappa shape index (κ2) is 4.55. The predicted octanol–water partition coefficient (Wildman–Crippen LogP) is 2.86. The van der Waals surface area contributed by atoms with Crippen molar-refractivity contribution in [2.24, 2.45) is 0 Å². The molecule has 1 heterocycles.